The Kier molecular flexibility index (Phi) is 3.25. The van der Waals surface area contributed by atoms with E-state index >= 15 is 0 Å². The monoisotopic (exact) mass is 204 g/mol. The minimum absolute atomic E-state index is 0.178. The average Bonchev–Trinajstić information content (AvgIpc) is 2.17. The molecule has 0 aliphatic rings. The fourth-order valence-corrected chi connectivity index (χ4v) is 0.893. The van der Waals surface area contributed by atoms with Gasteiger partial charge < -0.3 is 0 Å². The number of benzene rings is 1. The largest absolute Gasteiger partial charge is 0.273 e. The number of halogens is 2. The van der Waals surface area contributed by atoms with Crippen molar-refractivity contribution < 1.29 is 4.48 Å². The minimum atomic E-state index is -0.178. The van der Waals surface area contributed by atoms with Gasteiger partial charge in [-0.05, 0) is 24.4 Å². The molecule has 1 aromatic carbocycles. The van der Waals surface area contributed by atoms with Crippen LogP contribution in [0.3, 0.4) is 0 Å². The summed E-state index contributed by atoms with van der Waals surface area (Å²) in [5.41, 5.74) is 0.343. The fourth-order valence-electron chi connectivity index (χ4n) is 0.713. The van der Waals surface area contributed by atoms with Crippen LogP contribution in [0, 0.1) is 0 Å². The minimum Gasteiger partial charge on any atom is -0.273 e. The quantitative estimate of drug-likeness (QED) is 0.559. The summed E-state index contributed by atoms with van der Waals surface area (Å²) in [7, 11) is 0. The van der Waals surface area contributed by atoms with Crippen molar-refractivity contribution >= 4 is 34.8 Å². The van der Waals surface area contributed by atoms with Crippen LogP contribution in [-0.2, 0) is 0 Å². The number of hydrogen-bond acceptors (Lipinski definition) is 1. The average molecular weight is 205 g/mol. The van der Waals surface area contributed by atoms with Crippen LogP contribution < -0.4 is 9.96 Å². The van der Waals surface area contributed by atoms with Gasteiger partial charge in [-0.25, -0.2) is 0 Å². The first-order chi connectivity index (χ1) is 5.75. The van der Waals surface area contributed by atoms with E-state index in [1.165, 1.54) is 0 Å². The van der Waals surface area contributed by atoms with E-state index in [9.17, 15) is 4.48 Å². The maximum absolute atomic E-state index is 13.1. The van der Waals surface area contributed by atoms with Crippen molar-refractivity contribution in [3.8, 4) is 0 Å². The molecule has 0 bridgehead atoms. The van der Waals surface area contributed by atoms with E-state index in [4.69, 9.17) is 11.8 Å². The summed E-state index contributed by atoms with van der Waals surface area (Å²) in [4.78, 5) is 2.02. The zero-order valence-electron chi connectivity index (χ0n) is 6.00. The summed E-state index contributed by atoms with van der Waals surface area (Å²) < 4.78 is 13.1. The van der Waals surface area contributed by atoms with E-state index < -0.39 is 0 Å². The number of nitrogens with one attached hydrogen (secondary N) is 1. The molecule has 64 valence electrons. The summed E-state index contributed by atoms with van der Waals surface area (Å²) in [6.07, 6.45) is 0. The first-order valence-electron chi connectivity index (χ1n) is 3.17. The second-order valence-corrected chi connectivity index (χ2v) is 2.59. The van der Waals surface area contributed by atoms with Gasteiger partial charge in [0, 0.05) is 11.8 Å². The molecule has 0 aliphatic heterocycles. The molecule has 0 aromatic heterocycles. The Morgan fingerprint density at radius 3 is 2.50 bits per heavy atom. The molecule has 0 atom stereocenters. The first-order valence-corrected chi connectivity index (χ1v) is 3.96. The molecule has 0 radical (unpaired) electrons. The van der Waals surface area contributed by atoms with Crippen LogP contribution in [0.5, 0.6) is 0 Å². The highest BCUT2D eigenvalue weighted by Gasteiger charge is 2.08. The third-order valence-corrected chi connectivity index (χ3v) is 1.80. The van der Waals surface area contributed by atoms with Crippen LogP contribution in [0.1, 0.15) is 0 Å². The van der Waals surface area contributed by atoms with Crippen molar-refractivity contribution in [2.75, 3.05) is 5.12 Å². The van der Waals surface area contributed by atoms with Crippen LogP contribution in [0.4, 0.5) is 10.2 Å². The highest BCUT2D eigenvalue weighted by Crippen LogP contribution is 2.13. The Hall–Kier alpha value is -0.870. The van der Waals surface area contributed by atoms with Crippen molar-refractivity contribution in [1.82, 2.24) is 4.84 Å². The molecule has 12 heavy (non-hydrogen) atoms. The smallest absolute Gasteiger partial charge is 0.217 e. The zero-order valence-corrected chi connectivity index (χ0v) is 7.57. The van der Waals surface area contributed by atoms with Gasteiger partial charge in [-0.3, -0.25) is 4.84 Å². The van der Waals surface area contributed by atoms with Gasteiger partial charge in [0.2, 0.25) is 5.11 Å². The molecule has 1 aromatic rings. The summed E-state index contributed by atoms with van der Waals surface area (Å²) in [6, 6.07) is 8.37. The molecule has 0 unspecified atom stereocenters. The van der Waals surface area contributed by atoms with Gasteiger partial charge >= 0.3 is 0 Å². The Balaban J connectivity index is 2.78. The van der Waals surface area contributed by atoms with Gasteiger partial charge in [-0.1, -0.05) is 22.7 Å². The van der Waals surface area contributed by atoms with Crippen molar-refractivity contribution in [2.24, 2.45) is 0 Å². The summed E-state index contributed by atoms with van der Waals surface area (Å²) in [5, 5.41) is 0.116. The molecule has 1 N–H and O–H groups in total. The van der Waals surface area contributed by atoms with Crippen LogP contribution >= 0.6 is 24.0 Å². The molecule has 0 aliphatic carbocycles. The molecular formula is C7H6ClFN2S. The van der Waals surface area contributed by atoms with Gasteiger partial charge in [-0.2, -0.15) is 5.12 Å². The lowest BCUT2D eigenvalue weighted by Crippen LogP contribution is -2.28. The third-order valence-electron chi connectivity index (χ3n) is 1.24. The SMILES string of the molecule is FN(C(=S)NCl)c1ccccc1. The van der Waals surface area contributed by atoms with Gasteiger partial charge in [0.25, 0.3) is 0 Å². The molecule has 2 nitrogen and oxygen atoms in total. The topological polar surface area (TPSA) is 15.3 Å². The summed E-state index contributed by atoms with van der Waals surface area (Å²) >= 11 is 9.69. The molecule has 1 rings (SSSR count). The summed E-state index contributed by atoms with van der Waals surface area (Å²) in [5.74, 6) is 0. The predicted molar refractivity (Wildman–Crippen MR) is 51.6 cm³/mol. The fraction of sp³-hybridized carbons (Fsp3) is 0. The zero-order chi connectivity index (χ0) is 8.97. The molecule has 5 heteroatoms. The van der Waals surface area contributed by atoms with E-state index in [1.807, 2.05) is 4.84 Å². The number of nitrogens with zero attached hydrogens (tertiary/aromatic N) is 1. The second kappa shape index (κ2) is 4.23. The van der Waals surface area contributed by atoms with Gasteiger partial charge in [0.1, 0.15) is 0 Å². The van der Waals surface area contributed by atoms with Crippen LogP contribution in [0.25, 0.3) is 0 Å². The van der Waals surface area contributed by atoms with E-state index in [0.29, 0.717) is 10.8 Å². The molecule has 0 fully saturated rings. The molecule has 0 saturated carbocycles. The maximum atomic E-state index is 13.1. The van der Waals surface area contributed by atoms with Crippen LogP contribution in [0.15, 0.2) is 30.3 Å². The van der Waals surface area contributed by atoms with Crippen molar-refractivity contribution in [3.05, 3.63) is 30.3 Å². The molecule has 0 amide bonds. The highest BCUT2D eigenvalue weighted by atomic mass is 35.5. The van der Waals surface area contributed by atoms with Crippen molar-refractivity contribution in [1.29, 1.82) is 0 Å². The van der Waals surface area contributed by atoms with E-state index in [0.717, 1.165) is 0 Å². The Morgan fingerprint density at radius 2 is 2.00 bits per heavy atom. The maximum Gasteiger partial charge on any atom is 0.217 e. The standard InChI is InChI=1S/C7H6ClFN2S/c8-10-7(12)11(9)6-4-2-1-3-5-6/h1-5H,(H,10,12). The van der Waals surface area contributed by atoms with Gasteiger partial charge in [-0.15, -0.1) is 0 Å². The van der Waals surface area contributed by atoms with Gasteiger partial charge in [0.05, 0.1) is 5.69 Å². The Morgan fingerprint density at radius 1 is 1.42 bits per heavy atom. The Bertz CT molecular complexity index is 267. The number of anilines is 1. The molecular weight excluding hydrogens is 199 g/mol. The summed E-state index contributed by atoms with van der Waals surface area (Å²) in [6.45, 7) is 0. The molecule has 0 spiro atoms. The number of rotatable bonds is 1. The van der Waals surface area contributed by atoms with E-state index in [1.54, 1.807) is 30.3 Å². The third kappa shape index (κ3) is 2.06. The van der Waals surface area contributed by atoms with Crippen LogP contribution in [0.2, 0.25) is 0 Å². The Labute approximate surface area is 80.0 Å². The van der Waals surface area contributed by atoms with E-state index in [2.05, 4.69) is 12.2 Å². The normalized spacial score (nSPS) is 9.17. The molecule has 0 saturated heterocycles. The lowest BCUT2D eigenvalue weighted by Gasteiger charge is -2.11. The lowest BCUT2D eigenvalue weighted by molar-refractivity contribution is 0.520. The lowest BCUT2D eigenvalue weighted by atomic mass is 10.3. The van der Waals surface area contributed by atoms with E-state index in [-0.39, 0.29) is 5.11 Å². The number of para-hydroxylation sites is 1. The number of thiocarbonyl (C=S) groups is 1. The second-order valence-electron chi connectivity index (χ2n) is 2.02. The van der Waals surface area contributed by atoms with Crippen molar-refractivity contribution in [3.63, 3.8) is 0 Å². The number of hydrogen-bond donors (Lipinski definition) is 1. The van der Waals surface area contributed by atoms with Gasteiger partial charge in [0.15, 0.2) is 0 Å². The first kappa shape index (κ1) is 9.22. The predicted octanol–water partition coefficient (Wildman–Crippen LogP) is 2.41. The van der Waals surface area contributed by atoms with Crippen LogP contribution in [-0.4, -0.2) is 5.11 Å². The highest BCUT2D eigenvalue weighted by molar-refractivity contribution is 7.80. The molecule has 0 heterocycles. The van der Waals surface area contributed by atoms with Crippen molar-refractivity contribution in [2.45, 2.75) is 0 Å².